The van der Waals surface area contributed by atoms with Crippen LogP contribution in [0.2, 0.25) is 0 Å². The molecule has 0 unspecified atom stereocenters. The molecular weight excluding hydrogens is 162 g/mol. The summed E-state index contributed by atoms with van der Waals surface area (Å²) in [4.78, 5) is 0. The van der Waals surface area contributed by atoms with Crippen molar-refractivity contribution >= 4 is 0 Å². The van der Waals surface area contributed by atoms with Crippen LogP contribution in [0.4, 0.5) is 0 Å². The molecule has 0 aliphatic carbocycles. The third kappa shape index (κ3) is 2.83. The fourth-order valence-electron chi connectivity index (χ4n) is 1.37. The lowest BCUT2D eigenvalue weighted by molar-refractivity contribution is 0.134. The molecule has 0 amide bonds. The largest absolute Gasteiger partial charge is 0.391 e. The first-order chi connectivity index (χ1) is 6.25. The summed E-state index contributed by atoms with van der Waals surface area (Å²) in [5.41, 5.74) is 6.88. The van der Waals surface area contributed by atoms with Crippen LogP contribution in [0.15, 0.2) is 30.3 Å². The molecule has 3 N–H and O–H groups in total. The van der Waals surface area contributed by atoms with Gasteiger partial charge in [-0.25, -0.2) is 0 Å². The maximum Gasteiger partial charge on any atom is 0.0732 e. The van der Waals surface area contributed by atoms with Crippen LogP contribution in [0.25, 0.3) is 0 Å². The monoisotopic (exact) mass is 179 g/mol. The van der Waals surface area contributed by atoms with Gasteiger partial charge in [-0.15, -0.1) is 0 Å². The number of hydrogen-bond donors (Lipinski definition) is 2. The van der Waals surface area contributed by atoms with Gasteiger partial charge in [0.15, 0.2) is 0 Å². The van der Waals surface area contributed by atoms with Gasteiger partial charge in [0.1, 0.15) is 0 Å². The summed E-state index contributed by atoms with van der Waals surface area (Å²) in [5, 5.41) is 9.65. The lowest BCUT2D eigenvalue weighted by atomic mass is 9.99. The van der Waals surface area contributed by atoms with Crippen LogP contribution in [0.3, 0.4) is 0 Å². The summed E-state index contributed by atoms with van der Waals surface area (Å²) in [7, 11) is 0. The molecule has 2 heteroatoms. The Morgan fingerprint density at radius 1 is 1.31 bits per heavy atom. The molecule has 13 heavy (non-hydrogen) atoms. The lowest BCUT2D eigenvalue weighted by Gasteiger charge is -2.18. The molecular formula is C11H17NO. The SMILES string of the molecule is CCC[C@@H](O)[C@H](N)c1ccccc1. The van der Waals surface area contributed by atoms with Crippen molar-refractivity contribution in [2.75, 3.05) is 0 Å². The third-order valence-electron chi connectivity index (χ3n) is 2.18. The second-order valence-corrected chi connectivity index (χ2v) is 3.29. The van der Waals surface area contributed by atoms with Crippen LogP contribution in [-0.4, -0.2) is 11.2 Å². The normalized spacial score (nSPS) is 15.3. The highest BCUT2D eigenvalue weighted by Gasteiger charge is 2.14. The summed E-state index contributed by atoms with van der Waals surface area (Å²) in [6, 6.07) is 9.47. The number of aliphatic hydroxyl groups is 1. The number of aliphatic hydroxyl groups excluding tert-OH is 1. The highest BCUT2D eigenvalue weighted by atomic mass is 16.3. The number of hydrogen-bond acceptors (Lipinski definition) is 2. The van der Waals surface area contributed by atoms with Crippen LogP contribution in [0.5, 0.6) is 0 Å². The van der Waals surface area contributed by atoms with Gasteiger partial charge in [0.25, 0.3) is 0 Å². The maximum absolute atomic E-state index is 9.65. The minimum Gasteiger partial charge on any atom is -0.391 e. The van der Waals surface area contributed by atoms with Crippen molar-refractivity contribution in [1.29, 1.82) is 0 Å². The Morgan fingerprint density at radius 2 is 1.92 bits per heavy atom. The van der Waals surface area contributed by atoms with E-state index in [0.29, 0.717) is 0 Å². The summed E-state index contributed by atoms with van der Waals surface area (Å²) in [5.74, 6) is 0. The molecule has 1 aromatic carbocycles. The summed E-state index contributed by atoms with van der Waals surface area (Å²) in [6.07, 6.45) is 1.30. The van der Waals surface area contributed by atoms with Crippen molar-refractivity contribution < 1.29 is 5.11 Å². The van der Waals surface area contributed by atoms with Crippen molar-refractivity contribution in [3.63, 3.8) is 0 Å². The van der Waals surface area contributed by atoms with E-state index in [0.717, 1.165) is 18.4 Å². The van der Waals surface area contributed by atoms with Crippen molar-refractivity contribution in [1.82, 2.24) is 0 Å². The minimum atomic E-state index is -0.424. The smallest absolute Gasteiger partial charge is 0.0732 e. The molecule has 0 aromatic heterocycles. The van der Waals surface area contributed by atoms with Crippen LogP contribution < -0.4 is 5.73 Å². The molecule has 0 aliphatic heterocycles. The van der Waals surface area contributed by atoms with E-state index < -0.39 is 6.10 Å². The number of nitrogens with two attached hydrogens (primary N) is 1. The van der Waals surface area contributed by atoms with E-state index in [9.17, 15) is 5.11 Å². The molecule has 1 aromatic rings. The summed E-state index contributed by atoms with van der Waals surface area (Å²) < 4.78 is 0. The van der Waals surface area contributed by atoms with Gasteiger partial charge in [-0.05, 0) is 12.0 Å². The van der Waals surface area contributed by atoms with Crippen LogP contribution >= 0.6 is 0 Å². The first-order valence-electron chi connectivity index (χ1n) is 4.74. The topological polar surface area (TPSA) is 46.2 Å². The van der Waals surface area contributed by atoms with Gasteiger partial charge in [-0.3, -0.25) is 0 Å². The van der Waals surface area contributed by atoms with Crippen LogP contribution in [-0.2, 0) is 0 Å². The minimum absolute atomic E-state index is 0.249. The van der Waals surface area contributed by atoms with E-state index in [4.69, 9.17) is 5.73 Å². The fourth-order valence-corrected chi connectivity index (χ4v) is 1.37. The Labute approximate surface area is 79.4 Å². The molecule has 0 bridgehead atoms. The Balaban J connectivity index is 2.62. The highest BCUT2D eigenvalue weighted by molar-refractivity contribution is 5.19. The average molecular weight is 179 g/mol. The average Bonchev–Trinajstić information content (AvgIpc) is 2.18. The van der Waals surface area contributed by atoms with Crippen molar-refractivity contribution in [2.45, 2.75) is 31.9 Å². The Kier molecular flexibility index (Phi) is 3.93. The van der Waals surface area contributed by atoms with Gasteiger partial charge < -0.3 is 10.8 Å². The van der Waals surface area contributed by atoms with Gasteiger partial charge in [0.2, 0.25) is 0 Å². The van der Waals surface area contributed by atoms with Crippen molar-refractivity contribution in [3.05, 3.63) is 35.9 Å². The predicted molar refractivity (Wildman–Crippen MR) is 54.3 cm³/mol. The zero-order chi connectivity index (χ0) is 9.68. The Morgan fingerprint density at radius 3 is 2.46 bits per heavy atom. The zero-order valence-corrected chi connectivity index (χ0v) is 7.98. The molecule has 0 radical (unpaired) electrons. The van der Waals surface area contributed by atoms with Gasteiger partial charge in [-0.2, -0.15) is 0 Å². The molecule has 0 saturated carbocycles. The van der Waals surface area contributed by atoms with Crippen LogP contribution in [0.1, 0.15) is 31.4 Å². The highest BCUT2D eigenvalue weighted by Crippen LogP contribution is 2.16. The standard InChI is InChI=1S/C11H17NO/c1-2-6-10(13)11(12)9-7-4-3-5-8-9/h3-5,7-8,10-11,13H,2,6,12H2,1H3/t10-,11-/m1/s1. The van der Waals surface area contributed by atoms with E-state index in [2.05, 4.69) is 0 Å². The van der Waals surface area contributed by atoms with E-state index >= 15 is 0 Å². The van der Waals surface area contributed by atoms with E-state index in [1.165, 1.54) is 0 Å². The van der Waals surface area contributed by atoms with E-state index in [-0.39, 0.29) is 6.04 Å². The Hall–Kier alpha value is -0.860. The molecule has 2 nitrogen and oxygen atoms in total. The Bertz CT molecular complexity index is 235. The van der Waals surface area contributed by atoms with Crippen molar-refractivity contribution in [2.24, 2.45) is 5.73 Å². The second kappa shape index (κ2) is 5.00. The summed E-state index contributed by atoms with van der Waals surface area (Å²) >= 11 is 0. The second-order valence-electron chi connectivity index (χ2n) is 3.29. The molecule has 0 aliphatic rings. The molecule has 0 saturated heterocycles. The zero-order valence-electron chi connectivity index (χ0n) is 7.98. The quantitative estimate of drug-likeness (QED) is 0.741. The molecule has 0 fully saturated rings. The lowest BCUT2D eigenvalue weighted by Crippen LogP contribution is -2.25. The molecule has 72 valence electrons. The number of benzene rings is 1. The number of rotatable bonds is 4. The first kappa shape index (κ1) is 10.2. The van der Waals surface area contributed by atoms with E-state index in [1.807, 2.05) is 37.3 Å². The molecule has 2 atom stereocenters. The first-order valence-corrected chi connectivity index (χ1v) is 4.74. The van der Waals surface area contributed by atoms with Gasteiger partial charge >= 0.3 is 0 Å². The van der Waals surface area contributed by atoms with Gasteiger partial charge in [-0.1, -0.05) is 43.7 Å². The van der Waals surface area contributed by atoms with Gasteiger partial charge in [0, 0.05) is 0 Å². The van der Waals surface area contributed by atoms with Crippen molar-refractivity contribution in [3.8, 4) is 0 Å². The molecule has 0 spiro atoms. The third-order valence-corrected chi connectivity index (χ3v) is 2.18. The van der Waals surface area contributed by atoms with Gasteiger partial charge in [0.05, 0.1) is 12.1 Å². The molecule has 0 heterocycles. The maximum atomic E-state index is 9.65. The van der Waals surface area contributed by atoms with Crippen LogP contribution in [0, 0.1) is 0 Å². The van der Waals surface area contributed by atoms with E-state index in [1.54, 1.807) is 0 Å². The fraction of sp³-hybridized carbons (Fsp3) is 0.455. The molecule has 1 rings (SSSR count). The predicted octanol–water partition coefficient (Wildman–Crippen LogP) is 1.85. The summed E-state index contributed by atoms with van der Waals surface area (Å²) in [6.45, 7) is 2.04.